The van der Waals surface area contributed by atoms with Gasteiger partial charge in [0, 0.05) is 12.5 Å². The maximum absolute atomic E-state index is 12.8. The highest BCUT2D eigenvalue weighted by Gasteiger charge is 2.37. The first kappa shape index (κ1) is 16.1. The molecule has 0 saturated heterocycles. The highest BCUT2D eigenvalue weighted by Crippen LogP contribution is 2.29. The van der Waals surface area contributed by atoms with Crippen molar-refractivity contribution in [1.29, 1.82) is 0 Å². The zero-order valence-electron chi connectivity index (χ0n) is 12.1. The zero-order valence-corrected chi connectivity index (χ0v) is 12.1. The van der Waals surface area contributed by atoms with Gasteiger partial charge in [-0.15, -0.1) is 10.2 Å². The van der Waals surface area contributed by atoms with Gasteiger partial charge in [-0.3, -0.25) is 0 Å². The standard InChI is InChI=1S/C14H9F5N4O/c1-13(15,16)24-9-4-2-8(3-5-9)10-6-7-11-20-21-12(14(17,18)19)23(11)22-10/h2-7H,1H3. The Kier molecular flexibility index (Phi) is 3.61. The number of halogens is 5. The number of hydrogen-bond donors (Lipinski definition) is 0. The quantitative estimate of drug-likeness (QED) is 0.678. The van der Waals surface area contributed by atoms with Gasteiger partial charge >= 0.3 is 12.3 Å². The molecule has 5 nitrogen and oxygen atoms in total. The lowest BCUT2D eigenvalue weighted by Crippen LogP contribution is -2.18. The van der Waals surface area contributed by atoms with Gasteiger partial charge in [0.15, 0.2) is 5.65 Å². The maximum atomic E-state index is 12.8. The molecule has 0 aliphatic heterocycles. The van der Waals surface area contributed by atoms with E-state index in [1.54, 1.807) is 0 Å². The molecule has 0 amide bonds. The largest absolute Gasteiger partial charge is 0.453 e. The van der Waals surface area contributed by atoms with Crippen molar-refractivity contribution in [3.63, 3.8) is 0 Å². The van der Waals surface area contributed by atoms with E-state index in [-0.39, 0.29) is 17.1 Å². The van der Waals surface area contributed by atoms with Crippen molar-refractivity contribution < 1.29 is 26.7 Å². The molecule has 126 valence electrons. The van der Waals surface area contributed by atoms with Crippen LogP contribution in [0.3, 0.4) is 0 Å². The highest BCUT2D eigenvalue weighted by atomic mass is 19.4. The van der Waals surface area contributed by atoms with Gasteiger partial charge in [0.1, 0.15) is 5.75 Å². The van der Waals surface area contributed by atoms with Crippen molar-refractivity contribution in [2.45, 2.75) is 19.2 Å². The van der Waals surface area contributed by atoms with E-state index in [2.05, 4.69) is 20.0 Å². The van der Waals surface area contributed by atoms with Gasteiger partial charge in [0.25, 0.3) is 5.82 Å². The number of alkyl halides is 5. The Hall–Kier alpha value is -2.78. The third kappa shape index (κ3) is 3.26. The van der Waals surface area contributed by atoms with Gasteiger partial charge in [-0.1, -0.05) is 0 Å². The summed E-state index contributed by atoms with van der Waals surface area (Å²) in [5.41, 5.74) is 0.560. The van der Waals surface area contributed by atoms with E-state index in [0.29, 0.717) is 17.0 Å². The van der Waals surface area contributed by atoms with Crippen LogP contribution in [0.5, 0.6) is 5.75 Å². The summed E-state index contributed by atoms with van der Waals surface area (Å²) >= 11 is 0. The van der Waals surface area contributed by atoms with Gasteiger partial charge in [-0.05, 0) is 36.4 Å². The summed E-state index contributed by atoms with van der Waals surface area (Å²) < 4.78 is 69.0. The SMILES string of the molecule is CC(F)(F)Oc1ccc(-c2ccc3nnc(C(F)(F)F)n3n2)cc1. The average Bonchev–Trinajstić information content (AvgIpc) is 2.89. The van der Waals surface area contributed by atoms with Gasteiger partial charge in [-0.25, -0.2) is 0 Å². The number of aromatic nitrogens is 4. The summed E-state index contributed by atoms with van der Waals surface area (Å²) in [7, 11) is 0. The van der Waals surface area contributed by atoms with E-state index < -0.39 is 18.1 Å². The highest BCUT2D eigenvalue weighted by molar-refractivity contribution is 5.61. The summed E-state index contributed by atoms with van der Waals surface area (Å²) in [6.45, 7) is 0.598. The van der Waals surface area contributed by atoms with Gasteiger partial charge < -0.3 is 4.74 Å². The molecule has 24 heavy (non-hydrogen) atoms. The molecule has 3 aromatic rings. The summed E-state index contributed by atoms with van der Waals surface area (Å²) in [4.78, 5) is 0. The van der Waals surface area contributed by atoms with Crippen molar-refractivity contribution >= 4 is 5.65 Å². The van der Waals surface area contributed by atoms with Crippen LogP contribution in [0.4, 0.5) is 22.0 Å². The van der Waals surface area contributed by atoms with Crippen molar-refractivity contribution in [3.8, 4) is 17.0 Å². The Morgan fingerprint density at radius 1 is 0.917 bits per heavy atom. The van der Waals surface area contributed by atoms with Crippen molar-refractivity contribution in [2.24, 2.45) is 0 Å². The van der Waals surface area contributed by atoms with Gasteiger partial charge in [0.2, 0.25) is 0 Å². The lowest BCUT2D eigenvalue weighted by Gasteiger charge is -2.13. The molecule has 0 bridgehead atoms. The van der Waals surface area contributed by atoms with E-state index in [4.69, 9.17) is 0 Å². The van der Waals surface area contributed by atoms with E-state index in [0.717, 1.165) is 0 Å². The van der Waals surface area contributed by atoms with Crippen LogP contribution in [-0.2, 0) is 6.18 Å². The molecule has 10 heteroatoms. The Morgan fingerprint density at radius 3 is 2.17 bits per heavy atom. The molecule has 1 aromatic carbocycles. The first-order chi connectivity index (χ1) is 11.1. The van der Waals surface area contributed by atoms with Gasteiger partial charge in [0.05, 0.1) is 5.69 Å². The van der Waals surface area contributed by atoms with Crippen LogP contribution < -0.4 is 4.74 Å². The second kappa shape index (κ2) is 5.39. The average molecular weight is 344 g/mol. The Morgan fingerprint density at radius 2 is 1.58 bits per heavy atom. The molecule has 2 aromatic heterocycles. The monoisotopic (exact) mass is 344 g/mol. The summed E-state index contributed by atoms with van der Waals surface area (Å²) in [5.74, 6) is -1.32. The lowest BCUT2D eigenvalue weighted by molar-refractivity contribution is -0.159. The molecule has 0 fully saturated rings. The first-order valence-corrected chi connectivity index (χ1v) is 6.60. The normalized spacial score (nSPS) is 12.6. The van der Waals surface area contributed by atoms with Crippen LogP contribution in [0.25, 0.3) is 16.9 Å². The van der Waals surface area contributed by atoms with Crippen molar-refractivity contribution in [3.05, 3.63) is 42.2 Å². The van der Waals surface area contributed by atoms with Crippen LogP contribution in [0.15, 0.2) is 36.4 Å². The molecular weight excluding hydrogens is 335 g/mol. The number of rotatable bonds is 3. The molecule has 0 spiro atoms. The number of hydrogen-bond acceptors (Lipinski definition) is 4. The van der Waals surface area contributed by atoms with Crippen LogP contribution in [0.2, 0.25) is 0 Å². The molecule has 0 radical (unpaired) electrons. The molecule has 0 unspecified atom stereocenters. The minimum absolute atomic E-state index is 0.0587. The second-order valence-corrected chi connectivity index (χ2v) is 4.94. The maximum Gasteiger partial charge on any atom is 0.453 e. The third-order valence-corrected chi connectivity index (χ3v) is 2.96. The van der Waals surface area contributed by atoms with E-state index in [1.165, 1.54) is 36.4 Å². The Balaban J connectivity index is 1.97. The molecule has 2 heterocycles. The second-order valence-electron chi connectivity index (χ2n) is 4.94. The fraction of sp³-hybridized carbons (Fsp3) is 0.214. The lowest BCUT2D eigenvalue weighted by atomic mass is 10.1. The fourth-order valence-corrected chi connectivity index (χ4v) is 2.02. The third-order valence-electron chi connectivity index (χ3n) is 2.96. The molecular formula is C14H9F5N4O. The van der Waals surface area contributed by atoms with E-state index in [1.807, 2.05) is 0 Å². The summed E-state index contributed by atoms with van der Waals surface area (Å²) in [5, 5.41) is 10.3. The van der Waals surface area contributed by atoms with E-state index >= 15 is 0 Å². The molecule has 0 N–H and O–H groups in total. The van der Waals surface area contributed by atoms with E-state index in [9.17, 15) is 22.0 Å². The molecule has 3 rings (SSSR count). The smallest absolute Gasteiger partial charge is 0.433 e. The first-order valence-electron chi connectivity index (χ1n) is 6.60. The number of ether oxygens (including phenoxy) is 1. The topological polar surface area (TPSA) is 52.3 Å². The number of benzene rings is 1. The molecule has 0 aliphatic carbocycles. The van der Waals surface area contributed by atoms with Crippen LogP contribution in [-0.4, -0.2) is 25.9 Å². The molecule has 0 aliphatic rings. The summed E-state index contributed by atoms with van der Waals surface area (Å²) in [6, 6.07) is 8.15. The Labute approximate surface area is 131 Å². The van der Waals surface area contributed by atoms with Crippen molar-refractivity contribution in [2.75, 3.05) is 0 Å². The van der Waals surface area contributed by atoms with Crippen LogP contribution >= 0.6 is 0 Å². The number of fused-ring (bicyclic) bond motifs is 1. The molecule has 0 atom stereocenters. The van der Waals surface area contributed by atoms with Crippen LogP contribution in [0, 0.1) is 0 Å². The van der Waals surface area contributed by atoms with Gasteiger partial charge in [-0.2, -0.15) is 31.6 Å². The van der Waals surface area contributed by atoms with Crippen LogP contribution in [0.1, 0.15) is 12.7 Å². The molecule has 0 saturated carbocycles. The minimum atomic E-state index is -4.70. The summed E-state index contributed by atoms with van der Waals surface area (Å²) in [6.07, 6.45) is -8.03. The minimum Gasteiger partial charge on any atom is -0.433 e. The Bertz CT molecular complexity index is 867. The zero-order chi connectivity index (χ0) is 17.5. The predicted molar refractivity (Wildman–Crippen MR) is 72.5 cm³/mol. The number of nitrogens with zero attached hydrogens (tertiary/aromatic N) is 4. The predicted octanol–water partition coefficient (Wildman–Crippen LogP) is 3.80. The van der Waals surface area contributed by atoms with Crippen molar-refractivity contribution in [1.82, 2.24) is 19.8 Å². The fourth-order valence-electron chi connectivity index (χ4n) is 2.02.